The van der Waals surface area contributed by atoms with Gasteiger partial charge >= 0.3 is 0 Å². The van der Waals surface area contributed by atoms with E-state index in [9.17, 15) is 0 Å². The molecule has 1 aliphatic rings. The lowest BCUT2D eigenvalue weighted by molar-refractivity contribution is 0.322. The SMILES string of the molecule is ON=Cc1cn(-c2ccccc2)nc1-c1ccc(C2CCCCC2)cc1. The summed E-state index contributed by atoms with van der Waals surface area (Å²) in [7, 11) is 0. The molecule has 0 amide bonds. The maximum absolute atomic E-state index is 9.02. The van der Waals surface area contributed by atoms with Crippen molar-refractivity contribution >= 4 is 6.21 Å². The molecule has 0 unspecified atom stereocenters. The topological polar surface area (TPSA) is 50.4 Å². The zero-order chi connectivity index (χ0) is 17.8. The second-order valence-electron chi connectivity index (χ2n) is 6.91. The third-order valence-corrected chi connectivity index (χ3v) is 5.22. The Balaban J connectivity index is 1.67. The predicted octanol–water partition coefficient (Wildman–Crippen LogP) is 5.40. The summed E-state index contributed by atoms with van der Waals surface area (Å²) in [4.78, 5) is 0. The van der Waals surface area contributed by atoms with Crippen LogP contribution in [0.15, 0.2) is 65.9 Å². The number of aromatic nitrogens is 2. The summed E-state index contributed by atoms with van der Waals surface area (Å²) in [5.41, 5.74) is 5.05. The first kappa shape index (κ1) is 16.6. The maximum Gasteiger partial charge on any atom is 0.102 e. The molecule has 132 valence electrons. The molecule has 4 heteroatoms. The number of para-hydroxylation sites is 1. The highest BCUT2D eigenvalue weighted by atomic mass is 16.4. The zero-order valence-corrected chi connectivity index (χ0v) is 14.8. The summed E-state index contributed by atoms with van der Waals surface area (Å²) in [5.74, 6) is 0.693. The number of rotatable bonds is 4. The van der Waals surface area contributed by atoms with Crippen LogP contribution in [0, 0.1) is 0 Å². The van der Waals surface area contributed by atoms with Crippen LogP contribution in [-0.2, 0) is 0 Å². The molecule has 0 aliphatic heterocycles. The summed E-state index contributed by atoms with van der Waals surface area (Å²) in [6, 6.07) is 18.7. The van der Waals surface area contributed by atoms with Gasteiger partial charge in [0.05, 0.1) is 11.9 Å². The monoisotopic (exact) mass is 345 g/mol. The van der Waals surface area contributed by atoms with Crippen molar-refractivity contribution in [3.05, 3.63) is 71.9 Å². The molecule has 1 fully saturated rings. The Labute approximate surface area is 153 Å². The fraction of sp³-hybridized carbons (Fsp3) is 0.273. The molecule has 1 N–H and O–H groups in total. The Hall–Kier alpha value is -2.88. The fourth-order valence-corrected chi connectivity index (χ4v) is 3.83. The number of benzene rings is 2. The van der Waals surface area contributed by atoms with E-state index in [2.05, 4.69) is 29.4 Å². The minimum Gasteiger partial charge on any atom is -0.411 e. The Bertz CT molecular complexity index is 876. The average molecular weight is 345 g/mol. The lowest BCUT2D eigenvalue weighted by atomic mass is 9.84. The van der Waals surface area contributed by atoms with Crippen molar-refractivity contribution in [3.63, 3.8) is 0 Å². The number of hydrogen-bond acceptors (Lipinski definition) is 3. The van der Waals surface area contributed by atoms with E-state index in [0.29, 0.717) is 5.92 Å². The van der Waals surface area contributed by atoms with Crippen LogP contribution in [-0.4, -0.2) is 21.2 Å². The third-order valence-electron chi connectivity index (χ3n) is 5.22. The van der Waals surface area contributed by atoms with Crippen molar-refractivity contribution in [2.24, 2.45) is 5.16 Å². The van der Waals surface area contributed by atoms with Crippen LogP contribution >= 0.6 is 0 Å². The van der Waals surface area contributed by atoms with Gasteiger partial charge in [-0.3, -0.25) is 0 Å². The average Bonchev–Trinajstić information content (AvgIpc) is 3.14. The van der Waals surface area contributed by atoms with Gasteiger partial charge in [0, 0.05) is 17.3 Å². The normalized spacial score (nSPS) is 15.5. The molecular formula is C22H23N3O. The summed E-state index contributed by atoms with van der Waals surface area (Å²) in [5, 5.41) is 17.0. The first-order valence-electron chi connectivity index (χ1n) is 9.28. The van der Waals surface area contributed by atoms with E-state index in [1.54, 1.807) is 0 Å². The summed E-state index contributed by atoms with van der Waals surface area (Å²) in [6.07, 6.45) is 9.97. The summed E-state index contributed by atoms with van der Waals surface area (Å²) >= 11 is 0. The molecule has 4 rings (SSSR count). The molecule has 1 heterocycles. The van der Waals surface area contributed by atoms with E-state index in [1.165, 1.54) is 43.9 Å². The maximum atomic E-state index is 9.02. The summed E-state index contributed by atoms with van der Waals surface area (Å²) in [6.45, 7) is 0. The molecule has 0 radical (unpaired) electrons. The Morgan fingerprint density at radius 2 is 1.69 bits per heavy atom. The smallest absolute Gasteiger partial charge is 0.102 e. The molecule has 26 heavy (non-hydrogen) atoms. The van der Waals surface area contributed by atoms with E-state index in [4.69, 9.17) is 10.3 Å². The molecule has 0 saturated heterocycles. The molecule has 1 aromatic heterocycles. The van der Waals surface area contributed by atoms with Gasteiger partial charge in [0.25, 0.3) is 0 Å². The lowest BCUT2D eigenvalue weighted by Crippen LogP contribution is -2.04. The van der Waals surface area contributed by atoms with Crippen LogP contribution in [0.1, 0.15) is 49.1 Å². The minimum atomic E-state index is 0.693. The van der Waals surface area contributed by atoms with Crippen molar-refractivity contribution < 1.29 is 5.21 Å². The van der Waals surface area contributed by atoms with Crippen molar-refractivity contribution in [1.29, 1.82) is 0 Å². The third kappa shape index (κ3) is 3.40. The Morgan fingerprint density at radius 3 is 2.38 bits per heavy atom. The van der Waals surface area contributed by atoms with Gasteiger partial charge in [-0.15, -0.1) is 0 Å². The lowest BCUT2D eigenvalue weighted by Gasteiger charge is -2.22. The molecule has 0 bridgehead atoms. The standard InChI is InChI=1S/C22H23N3O/c26-23-15-20-16-25(21-9-5-2-6-10-21)24-22(20)19-13-11-18(12-14-19)17-7-3-1-4-8-17/h2,5-6,9-17,26H,1,3-4,7-8H2. The Kier molecular flexibility index (Phi) is 4.82. The molecule has 4 nitrogen and oxygen atoms in total. The quantitative estimate of drug-likeness (QED) is 0.391. The molecule has 1 aliphatic carbocycles. The van der Waals surface area contributed by atoms with Crippen LogP contribution in [0.5, 0.6) is 0 Å². The van der Waals surface area contributed by atoms with E-state index in [-0.39, 0.29) is 0 Å². The highest BCUT2D eigenvalue weighted by Crippen LogP contribution is 2.33. The summed E-state index contributed by atoms with van der Waals surface area (Å²) < 4.78 is 1.82. The van der Waals surface area contributed by atoms with Crippen LogP contribution in [0.25, 0.3) is 16.9 Å². The second-order valence-corrected chi connectivity index (χ2v) is 6.91. The largest absolute Gasteiger partial charge is 0.411 e. The first-order valence-corrected chi connectivity index (χ1v) is 9.28. The predicted molar refractivity (Wildman–Crippen MR) is 104 cm³/mol. The van der Waals surface area contributed by atoms with Gasteiger partial charge in [0.1, 0.15) is 5.69 Å². The first-order chi connectivity index (χ1) is 12.8. The van der Waals surface area contributed by atoms with Crippen LogP contribution < -0.4 is 0 Å². The highest BCUT2D eigenvalue weighted by molar-refractivity contribution is 5.88. The molecule has 2 aromatic carbocycles. The molecule has 0 atom stereocenters. The van der Waals surface area contributed by atoms with Crippen molar-refractivity contribution in [2.45, 2.75) is 38.0 Å². The van der Waals surface area contributed by atoms with Gasteiger partial charge in [0.2, 0.25) is 0 Å². The Morgan fingerprint density at radius 1 is 0.962 bits per heavy atom. The molecule has 0 spiro atoms. The number of hydrogen-bond donors (Lipinski definition) is 1. The van der Waals surface area contributed by atoms with Crippen molar-refractivity contribution in [1.82, 2.24) is 9.78 Å². The minimum absolute atomic E-state index is 0.693. The van der Waals surface area contributed by atoms with Gasteiger partial charge < -0.3 is 5.21 Å². The van der Waals surface area contributed by atoms with Crippen LogP contribution in [0.4, 0.5) is 0 Å². The number of oxime groups is 1. The number of nitrogens with zero attached hydrogens (tertiary/aromatic N) is 3. The zero-order valence-electron chi connectivity index (χ0n) is 14.8. The van der Waals surface area contributed by atoms with E-state index in [0.717, 1.165) is 22.5 Å². The molecular weight excluding hydrogens is 322 g/mol. The highest BCUT2D eigenvalue weighted by Gasteiger charge is 2.16. The fourth-order valence-electron chi connectivity index (χ4n) is 3.83. The van der Waals surface area contributed by atoms with E-state index < -0.39 is 0 Å². The van der Waals surface area contributed by atoms with Crippen LogP contribution in [0.3, 0.4) is 0 Å². The van der Waals surface area contributed by atoms with Crippen molar-refractivity contribution in [3.8, 4) is 16.9 Å². The van der Waals surface area contributed by atoms with Gasteiger partial charge in [-0.05, 0) is 36.5 Å². The second kappa shape index (κ2) is 7.56. The van der Waals surface area contributed by atoms with Gasteiger partial charge in [-0.1, -0.05) is 66.9 Å². The van der Waals surface area contributed by atoms with Gasteiger partial charge in [-0.25, -0.2) is 4.68 Å². The molecule has 3 aromatic rings. The van der Waals surface area contributed by atoms with Crippen molar-refractivity contribution in [2.75, 3.05) is 0 Å². The van der Waals surface area contributed by atoms with Gasteiger partial charge in [-0.2, -0.15) is 5.10 Å². The van der Waals surface area contributed by atoms with Gasteiger partial charge in [0.15, 0.2) is 0 Å². The van der Waals surface area contributed by atoms with Crippen LogP contribution in [0.2, 0.25) is 0 Å². The van der Waals surface area contributed by atoms with E-state index >= 15 is 0 Å². The molecule has 1 saturated carbocycles. The van der Waals surface area contributed by atoms with E-state index in [1.807, 2.05) is 41.2 Å².